The third-order valence-electron chi connectivity index (χ3n) is 6.67. The standard InChI is InChI=1S/C28H36N2O5/c1-4-15-30(16-14-26(31)32)27(33)25(17-19(3)5-2)29-28(34)35-18-24-22-12-8-6-10-20(22)21-11-7-9-13-23(21)24/h6-13,19,24-25H,4-5,14-18H2,1-3H3,(H,29,34)(H,31,32). The summed E-state index contributed by atoms with van der Waals surface area (Å²) in [6, 6.07) is 15.5. The molecule has 2 N–H and O–H groups in total. The highest BCUT2D eigenvalue weighted by Gasteiger charge is 2.31. The number of nitrogens with one attached hydrogen (secondary N) is 1. The van der Waals surface area contributed by atoms with Gasteiger partial charge in [0.2, 0.25) is 5.91 Å². The lowest BCUT2D eigenvalue weighted by molar-refractivity contribution is -0.139. The Hall–Kier alpha value is -3.35. The third-order valence-corrected chi connectivity index (χ3v) is 6.67. The van der Waals surface area contributed by atoms with Gasteiger partial charge in [-0.1, -0.05) is 75.7 Å². The minimum atomic E-state index is -0.957. The fourth-order valence-electron chi connectivity index (χ4n) is 4.63. The van der Waals surface area contributed by atoms with Crippen molar-refractivity contribution in [2.45, 2.75) is 58.4 Å². The van der Waals surface area contributed by atoms with E-state index in [0.717, 1.165) is 28.7 Å². The van der Waals surface area contributed by atoms with Crippen LogP contribution in [0.3, 0.4) is 0 Å². The van der Waals surface area contributed by atoms with Crippen LogP contribution in [0, 0.1) is 5.92 Å². The summed E-state index contributed by atoms with van der Waals surface area (Å²) in [6.45, 7) is 6.72. The number of amides is 2. The van der Waals surface area contributed by atoms with Gasteiger partial charge in [0, 0.05) is 19.0 Å². The van der Waals surface area contributed by atoms with Crippen LogP contribution in [0.2, 0.25) is 0 Å². The molecule has 1 aliphatic rings. The van der Waals surface area contributed by atoms with Gasteiger partial charge in [0.15, 0.2) is 0 Å². The highest BCUT2D eigenvalue weighted by molar-refractivity contribution is 5.86. The van der Waals surface area contributed by atoms with Crippen LogP contribution < -0.4 is 5.32 Å². The monoisotopic (exact) mass is 480 g/mol. The molecule has 7 heteroatoms. The Labute approximate surface area is 207 Å². The molecule has 188 valence electrons. The van der Waals surface area contributed by atoms with Crippen molar-refractivity contribution in [3.8, 4) is 11.1 Å². The average Bonchev–Trinajstić information content (AvgIpc) is 3.18. The first-order valence-corrected chi connectivity index (χ1v) is 12.5. The van der Waals surface area contributed by atoms with E-state index >= 15 is 0 Å². The lowest BCUT2D eigenvalue weighted by atomic mass is 9.98. The topological polar surface area (TPSA) is 95.9 Å². The number of hydrogen-bond acceptors (Lipinski definition) is 4. The van der Waals surface area contributed by atoms with Crippen molar-refractivity contribution >= 4 is 18.0 Å². The first-order valence-electron chi connectivity index (χ1n) is 12.5. The van der Waals surface area contributed by atoms with Gasteiger partial charge in [-0.25, -0.2) is 4.79 Å². The molecular weight excluding hydrogens is 444 g/mol. The molecule has 1 aliphatic carbocycles. The van der Waals surface area contributed by atoms with E-state index < -0.39 is 18.1 Å². The fraction of sp³-hybridized carbons (Fsp3) is 0.464. The van der Waals surface area contributed by atoms with Gasteiger partial charge in [0.1, 0.15) is 12.6 Å². The van der Waals surface area contributed by atoms with E-state index in [1.54, 1.807) is 0 Å². The van der Waals surface area contributed by atoms with Crippen molar-refractivity contribution in [2.24, 2.45) is 5.92 Å². The van der Waals surface area contributed by atoms with Gasteiger partial charge >= 0.3 is 12.1 Å². The molecule has 0 aliphatic heterocycles. The Balaban J connectivity index is 1.70. The van der Waals surface area contributed by atoms with E-state index in [9.17, 15) is 14.4 Å². The van der Waals surface area contributed by atoms with E-state index in [4.69, 9.17) is 9.84 Å². The molecular formula is C28H36N2O5. The number of rotatable bonds is 12. The second kappa shape index (κ2) is 12.4. The van der Waals surface area contributed by atoms with Gasteiger partial charge in [-0.2, -0.15) is 0 Å². The SMILES string of the molecule is CCCN(CCC(=O)O)C(=O)C(CC(C)CC)NC(=O)OCC1c2ccccc2-c2ccccc21. The predicted molar refractivity (Wildman–Crippen MR) is 135 cm³/mol. The van der Waals surface area contributed by atoms with E-state index in [1.165, 1.54) is 4.90 Å². The summed E-state index contributed by atoms with van der Waals surface area (Å²) in [5, 5.41) is 11.8. The van der Waals surface area contributed by atoms with Crippen LogP contribution in [0.5, 0.6) is 0 Å². The van der Waals surface area contributed by atoms with Gasteiger partial charge < -0.3 is 20.1 Å². The first kappa shape index (κ1) is 26.3. The second-order valence-electron chi connectivity index (χ2n) is 9.24. The molecule has 2 aromatic carbocycles. The van der Waals surface area contributed by atoms with Crippen molar-refractivity contribution in [3.05, 3.63) is 59.7 Å². The van der Waals surface area contributed by atoms with Crippen LogP contribution in [0.15, 0.2) is 48.5 Å². The average molecular weight is 481 g/mol. The maximum absolute atomic E-state index is 13.3. The molecule has 0 heterocycles. The van der Waals surface area contributed by atoms with Gasteiger partial charge in [0.25, 0.3) is 0 Å². The number of ether oxygens (including phenoxy) is 1. The molecule has 35 heavy (non-hydrogen) atoms. The van der Waals surface area contributed by atoms with Crippen molar-refractivity contribution in [1.29, 1.82) is 0 Å². The molecule has 2 aromatic rings. The number of carboxylic acids is 1. The molecule has 2 atom stereocenters. The number of carboxylic acid groups (broad SMARTS) is 1. The maximum Gasteiger partial charge on any atom is 0.407 e. The van der Waals surface area contributed by atoms with Crippen molar-refractivity contribution in [3.63, 3.8) is 0 Å². The highest BCUT2D eigenvalue weighted by Crippen LogP contribution is 2.44. The number of fused-ring (bicyclic) bond motifs is 3. The summed E-state index contributed by atoms with van der Waals surface area (Å²) in [5.41, 5.74) is 4.54. The Morgan fingerprint density at radius 2 is 1.60 bits per heavy atom. The van der Waals surface area contributed by atoms with Crippen LogP contribution in [0.1, 0.15) is 63.5 Å². The number of hydrogen-bond donors (Lipinski definition) is 2. The van der Waals surface area contributed by atoms with Gasteiger partial charge in [-0.3, -0.25) is 9.59 Å². The van der Waals surface area contributed by atoms with E-state index in [-0.39, 0.29) is 37.3 Å². The number of carbonyl (C=O) groups excluding carboxylic acids is 2. The Morgan fingerprint density at radius 1 is 1.00 bits per heavy atom. The van der Waals surface area contributed by atoms with Gasteiger partial charge in [0.05, 0.1) is 6.42 Å². The molecule has 3 rings (SSSR count). The third kappa shape index (κ3) is 6.62. The zero-order valence-electron chi connectivity index (χ0n) is 20.8. The number of alkyl carbamates (subject to hydrolysis) is 1. The summed E-state index contributed by atoms with van der Waals surface area (Å²) in [5.74, 6) is -1.08. The Morgan fingerprint density at radius 3 is 2.14 bits per heavy atom. The molecule has 0 saturated carbocycles. The minimum absolute atomic E-state index is 0.0657. The highest BCUT2D eigenvalue weighted by atomic mass is 16.5. The quantitative estimate of drug-likeness (QED) is 0.444. The summed E-state index contributed by atoms with van der Waals surface area (Å²) < 4.78 is 5.66. The Bertz CT molecular complexity index is 992. The largest absolute Gasteiger partial charge is 0.481 e. The van der Waals surface area contributed by atoms with Crippen molar-refractivity contribution in [2.75, 3.05) is 19.7 Å². The molecule has 2 amide bonds. The zero-order chi connectivity index (χ0) is 25.4. The molecule has 2 unspecified atom stereocenters. The number of benzene rings is 2. The van der Waals surface area contributed by atoms with Crippen molar-refractivity contribution < 1.29 is 24.2 Å². The smallest absolute Gasteiger partial charge is 0.407 e. The normalized spacial score (nSPS) is 13.9. The lowest BCUT2D eigenvalue weighted by Crippen LogP contribution is -2.50. The summed E-state index contributed by atoms with van der Waals surface area (Å²) in [4.78, 5) is 38.7. The van der Waals surface area contributed by atoms with Crippen LogP contribution in [-0.2, 0) is 14.3 Å². The number of aliphatic carboxylic acids is 1. The van der Waals surface area contributed by atoms with Crippen molar-refractivity contribution in [1.82, 2.24) is 10.2 Å². The molecule has 0 bridgehead atoms. The van der Waals surface area contributed by atoms with E-state index in [1.807, 2.05) is 45.0 Å². The zero-order valence-corrected chi connectivity index (χ0v) is 20.8. The van der Waals surface area contributed by atoms with E-state index in [0.29, 0.717) is 19.4 Å². The molecule has 7 nitrogen and oxygen atoms in total. The molecule has 0 radical (unpaired) electrons. The summed E-state index contributed by atoms with van der Waals surface area (Å²) >= 11 is 0. The molecule has 0 spiro atoms. The van der Waals surface area contributed by atoms with Gasteiger partial charge in [-0.05, 0) is 41.0 Å². The Kier molecular flexibility index (Phi) is 9.29. The molecule has 0 fully saturated rings. The van der Waals surface area contributed by atoms with Crippen LogP contribution in [0.4, 0.5) is 4.79 Å². The van der Waals surface area contributed by atoms with Crippen LogP contribution in [-0.4, -0.2) is 53.7 Å². The van der Waals surface area contributed by atoms with Crippen LogP contribution >= 0.6 is 0 Å². The predicted octanol–water partition coefficient (Wildman–Crippen LogP) is 5.04. The van der Waals surface area contributed by atoms with Crippen LogP contribution in [0.25, 0.3) is 11.1 Å². The molecule has 0 aromatic heterocycles. The fourth-order valence-corrected chi connectivity index (χ4v) is 4.63. The number of nitrogens with zero attached hydrogens (tertiary/aromatic N) is 1. The second-order valence-corrected chi connectivity index (χ2v) is 9.24. The molecule has 0 saturated heterocycles. The first-order chi connectivity index (χ1) is 16.8. The lowest BCUT2D eigenvalue weighted by Gasteiger charge is -2.28. The maximum atomic E-state index is 13.3. The summed E-state index contributed by atoms with van der Waals surface area (Å²) in [7, 11) is 0. The van der Waals surface area contributed by atoms with Gasteiger partial charge in [-0.15, -0.1) is 0 Å². The number of carbonyl (C=O) groups is 3. The van der Waals surface area contributed by atoms with E-state index in [2.05, 4.69) is 29.6 Å². The summed E-state index contributed by atoms with van der Waals surface area (Å²) in [6.07, 6.45) is 1.26. The minimum Gasteiger partial charge on any atom is -0.481 e.